The predicted molar refractivity (Wildman–Crippen MR) is 94.5 cm³/mol. The van der Waals surface area contributed by atoms with E-state index in [4.69, 9.17) is 23.8 Å². The Morgan fingerprint density at radius 3 is 2.50 bits per heavy atom. The molecule has 3 aromatic rings. The first-order valence-corrected chi connectivity index (χ1v) is 8.46. The van der Waals surface area contributed by atoms with E-state index in [1.807, 2.05) is 59.2 Å². The summed E-state index contributed by atoms with van der Waals surface area (Å²) in [6.45, 7) is 2.11. The average Bonchev–Trinajstić information content (AvgIpc) is 2.92. The smallest absolute Gasteiger partial charge is 0.199 e. The summed E-state index contributed by atoms with van der Waals surface area (Å²) in [5, 5.41) is 8.18. The highest BCUT2D eigenvalue weighted by atomic mass is 35.5. The summed E-state index contributed by atoms with van der Waals surface area (Å²) in [4.78, 5) is 1.14. The van der Waals surface area contributed by atoms with Gasteiger partial charge in [0, 0.05) is 15.6 Å². The molecule has 0 aliphatic heterocycles. The van der Waals surface area contributed by atoms with Crippen molar-refractivity contribution in [3.63, 3.8) is 0 Å². The molecule has 0 saturated carbocycles. The minimum Gasteiger partial charge on any atom is -0.271 e. The van der Waals surface area contributed by atoms with Gasteiger partial charge < -0.3 is 0 Å². The van der Waals surface area contributed by atoms with Crippen molar-refractivity contribution in [2.75, 3.05) is 0 Å². The summed E-state index contributed by atoms with van der Waals surface area (Å²) in [5.41, 5.74) is 1.01. The van der Waals surface area contributed by atoms with Crippen LogP contribution in [0.4, 0.5) is 0 Å². The molecule has 1 atom stereocenters. The molecule has 0 fully saturated rings. The van der Waals surface area contributed by atoms with Gasteiger partial charge in [0.25, 0.3) is 0 Å². The van der Waals surface area contributed by atoms with E-state index in [1.165, 1.54) is 0 Å². The zero-order valence-electron chi connectivity index (χ0n) is 11.9. The van der Waals surface area contributed by atoms with Gasteiger partial charge in [-0.05, 0) is 55.5 Å². The molecule has 3 nitrogen and oxygen atoms in total. The van der Waals surface area contributed by atoms with Gasteiger partial charge in [0.1, 0.15) is 5.82 Å². The molecule has 0 saturated heterocycles. The van der Waals surface area contributed by atoms with Crippen LogP contribution in [-0.4, -0.2) is 14.8 Å². The van der Waals surface area contributed by atoms with E-state index < -0.39 is 0 Å². The Hall–Kier alpha value is -1.56. The summed E-state index contributed by atoms with van der Waals surface area (Å²) < 4.78 is 2.58. The van der Waals surface area contributed by atoms with E-state index in [1.54, 1.807) is 11.8 Å². The summed E-state index contributed by atoms with van der Waals surface area (Å²) >= 11 is 13.0. The van der Waals surface area contributed by atoms with Gasteiger partial charge in [-0.25, -0.2) is 0 Å². The standard InChI is InChI=1S/C16H14ClN3S2/c1-11(22-14-9-7-12(17)8-10-14)15-18-19-16(21)20(15)13-5-3-2-4-6-13/h2-11H,1H3,(H,19,21)/t11-/m0/s1. The van der Waals surface area contributed by atoms with Crippen LogP contribution in [0.25, 0.3) is 5.69 Å². The van der Waals surface area contributed by atoms with Gasteiger partial charge in [-0.15, -0.1) is 11.8 Å². The normalized spacial score (nSPS) is 12.3. The Balaban J connectivity index is 1.92. The number of para-hydroxylation sites is 1. The van der Waals surface area contributed by atoms with Crippen molar-refractivity contribution in [1.29, 1.82) is 0 Å². The number of hydrogen-bond donors (Lipinski definition) is 1. The summed E-state index contributed by atoms with van der Waals surface area (Å²) in [6.07, 6.45) is 0. The van der Waals surface area contributed by atoms with E-state index in [-0.39, 0.29) is 5.25 Å². The monoisotopic (exact) mass is 347 g/mol. The van der Waals surface area contributed by atoms with Gasteiger partial charge in [-0.2, -0.15) is 5.10 Å². The number of thioether (sulfide) groups is 1. The van der Waals surface area contributed by atoms with Crippen LogP contribution in [0.2, 0.25) is 5.02 Å². The fourth-order valence-corrected chi connectivity index (χ4v) is 3.51. The molecule has 0 unspecified atom stereocenters. The lowest BCUT2D eigenvalue weighted by atomic mass is 10.3. The topological polar surface area (TPSA) is 33.6 Å². The number of halogens is 1. The highest BCUT2D eigenvalue weighted by Crippen LogP contribution is 2.35. The molecule has 2 aromatic carbocycles. The van der Waals surface area contributed by atoms with Crippen molar-refractivity contribution in [2.24, 2.45) is 0 Å². The third-order valence-corrected chi connectivity index (χ3v) is 4.84. The highest BCUT2D eigenvalue weighted by Gasteiger charge is 2.16. The quantitative estimate of drug-likeness (QED) is 0.504. The molecule has 112 valence electrons. The number of aromatic nitrogens is 3. The number of rotatable bonds is 4. The number of hydrogen-bond acceptors (Lipinski definition) is 3. The second-order valence-electron chi connectivity index (χ2n) is 4.77. The van der Waals surface area contributed by atoms with Crippen molar-refractivity contribution < 1.29 is 0 Å². The van der Waals surface area contributed by atoms with E-state index in [9.17, 15) is 0 Å². The molecular formula is C16H14ClN3S2. The molecule has 0 spiro atoms. The zero-order valence-corrected chi connectivity index (χ0v) is 14.3. The first-order chi connectivity index (χ1) is 10.6. The molecular weight excluding hydrogens is 334 g/mol. The van der Waals surface area contributed by atoms with Gasteiger partial charge in [0.15, 0.2) is 4.77 Å². The number of aromatic amines is 1. The van der Waals surface area contributed by atoms with Crippen LogP contribution in [0.1, 0.15) is 18.0 Å². The molecule has 0 bridgehead atoms. The predicted octanol–water partition coefficient (Wildman–Crippen LogP) is 5.44. The molecule has 0 radical (unpaired) electrons. The van der Waals surface area contributed by atoms with Gasteiger partial charge in [-0.3, -0.25) is 9.67 Å². The van der Waals surface area contributed by atoms with Crippen LogP contribution in [-0.2, 0) is 0 Å². The second-order valence-corrected chi connectivity index (χ2v) is 7.01. The number of benzene rings is 2. The first-order valence-electron chi connectivity index (χ1n) is 6.80. The maximum atomic E-state index is 5.93. The number of H-pyrrole nitrogens is 1. The third kappa shape index (κ3) is 3.27. The van der Waals surface area contributed by atoms with E-state index in [2.05, 4.69) is 17.1 Å². The van der Waals surface area contributed by atoms with Crippen molar-refractivity contribution >= 4 is 35.6 Å². The van der Waals surface area contributed by atoms with E-state index in [0.29, 0.717) is 4.77 Å². The lowest BCUT2D eigenvalue weighted by Gasteiger charge is -2.13. The van der Waals surface area contributed by atoms with E-state index in [0.717, 1.165) is 21.4 Å². The van der Waals surface area contributed by atoms with Crippen molar-refractivity contribution in [1.82, 2.24) is 14.8 Å². The molecule has 6 heteroatoms. The van der Waals surface area contributed by atoms with Gasteiger partial charge in [0.2, 0.25) is 0 Å². The van der Waals surface area contributed by atoms with Gasteiger partial charge >= 0.3 is 0 Å². The molecule has 1 aromatic heterocycles. The van der Waals surface area contributed by atoms with Crippen LogP contribution in [0.3, 0.4) is 0 Å². The van der Waals surface area contributed by atoms with Crippen LogP contribution >= 0.6 is 35.6 Å². The fourth-order valence-electron chi connectivity index (χ4n) is 2.18. The largest absolute Gasteiger partial charge is 0.271 e. The number of nitrogens with zero attached hydrogens (tertiary/aromatic N) is 2. The van der Waals surface area contributed by atoms with Crippen LogP contribution < -0.4 is 0 Å². The average molecular weight is 348 g/mol. The SMILES string of the molecule is C[C@H](Sc1ccc(Cl)cc1)c1n[nH]c(=S)n1-c1ccccc1. The van der Waals surface area contributed by atoms with Crippen LogP contribution in [0, 0.1) is 4.77 Å². The Morgan fingerprint density at radius 1 is 1.14 bits per heavy atom. The maximum absolute atomic E-state index is 5.93. The first kappa shape index (κ1) is 15.3. The van der Waals surface area contributed by atoms with E-state index >= 15 is 0 Å². The summed E-state index contributed by atoms with van der Waals surface area (Å²) in [6, 6.07) is 17.8. The van der Waals surface area contributed by atoms with Crippen molar-refractivity contribution in [3.8, 4) is 5.69 Å². The molecule has 1 heterocycles. The molecule has 0 amide bonds. The molecule has 0 aliphatic carbocycles. The second kappa shape index (κ2) is 6.69. The van der Waals surface area contributed by atoms with Crippen molar-refractivity contribution in [3.05, 3.63) is 70.2 Å². The zero-order chi connectivity index (χ0) is 15.5. The lowest BCUT2D eigenvalue weighted by Crippen LogP contribution is -2.03. The fraction of sp³-hybridized carbons (Fsp3) is 0.125. The summed E-state index contributed by atoms with van der Waals surface area (Å²) in [7, 11) is 0. The summed E-state index contributed by atoms with van der Waals surface area (Å²) in [5.74, 6) is 0.899. The molecule has 22 heavy (non-hydrogen) atoms. The van der Waals surface area contributed by atoms with Crippen molar-refractivity contribution in [2.45, 2.75) is 17.1 Å². The Bertz CT molecular complexity index is 809. The van der Waals surface area contributed by atoms with Crippen LogP contribution in [0.15, 0.2) is 59.5 Å². The lowest BCUT2D eigenvalue weighted by molar-refractivity contribution is 0.864. The maximum Gasteiger partial charge on any atom is 0.199 e. The Morgan fingerprint density at radius 2 is 1.82 bits per heavy atom. The number of nitrogens with one attached hydrogen (secondary N) is 1. The Kier molecular flexibility index (Phi) is 4.66. The molecule has 0 aliphatic rings. The third-order valence-electron chi connectivity index (χ3n) is 3.20. The molecule has 1 N–H and O–H groups in total. The minimum atomic E-state index is 0.148. The van der Waals surface area contributed by atoms with Crippen LogP contribution in [0.5, 0.6) is 0 Å². The Labute approximate surface area is 143 Å². The highest BCUT2D eigenvalue weighted by molar-refractivity contribution is 7.99. The van der Waals surface area contributed by atoms with Gasteiger partial charge in [-0.1, -0.05) is 29.8 Å². The molecule has 3 rings (SSSR count). The minimum absolute atomic E-state index is 0.148. The van der Waals surface area contributed by atoms with Gasteiger partial charge in [0.05, 0.1) is 5.25 Å².